The van der Waals surface area contributed by atoms with Gasteiger partial charge in [0.25, 0.3) is 10.0 Å². The lowest BCUT2D eigenvalue weighted by molar-refractivity contribution is 0.0992. The molecule has 1 fully saturated rings. The predicted molar refractivity (Wildman–Crippen MR) is 164 cm³/mol. The number of fused-ring (bicyclic) bond motifs is 2. The van der Waals surface area contributed by atoms with Gasteiger partial charge in [0, 0.05) is 60.3 Å². The van der Waals surface area contributed by atoms with E-state index in [0.717, 1.165) is 58.1 Å². The molecule has 0 aliphatic carbocycles. The molecule has 0 unspecified atom stereocenters. The van der Waals surface area contributed by atoms with Crippen LogP contribution in [-0.4, -0.2) is 69.6 Å². The van der Waals surface area contributed by atoms with Gasteiger partial charge in [-0.2, -0.15) is 17.6 Å². The van der Waals surface area contributed by atoms with Gasteiger partial charge in [0.2, 0.25) is 5.89 Å². The fourth-order valence-corrected chi connectivity index (χ4v) is 7.10. The fraction of sp³-hybridized carbons (Fsp3) is 0.250. The van der Waals surface area contributed by atoms with Crippen molar-refractivity contribution in [2.45, 2.75) is 31.3 Å². The molecule has 10 heteroatoms. The van der Waals surface area contributed by atoms with Gasteiger partial charge in [0.15, 0.2) is 0 Å². The summed E-state index contributed by atoms with van der Waals surface area (Å²) in [5.74, 6) is 1.22. The van der Waals surface area contributed by atoms with E-state index in [1.807, 2.05) is 42.6 Å². The van der Waals surface area contributed by atoms with Gasteiger partial charge in [-0.05, 0) is 61.4 Å². The number of aromatic amines is 1. The molecule has 1 aliphatic heterocycles. The molecule has 0 spiro atoms. The highest BCUT2D eigenvalue weighted by Gasteiger charge is 2.25. The Morgan fingerprint density at radius 2 is 1.71 bits per heavy atom. The van der Waals surface area contributed by atoms with Crippen molar-refractivity contribution in [3.05, 3.63) is 91.1 Å². The summed E-state index contributed by atoms with van der Waals surface area (Å²) >= 11 is 0. The van der Waals surface area contributed by atoms with Gasteiger partial charge in [-0.25, -0.2) is 4.98 Å². The zero-order valence-electron chi connectivity index (χ0n) is 23.6. The number of rotatable bonds is 7. The first-order valence-corrected chi connectivity index (χ1v) is 15.6. The molecule has 1 saturated heterocycles. The van der Waals surface area contributed by atoms with Crippen LogP contribution >= 0.6 is 0 Å². The van der Waals surface area contributed by atoms with Gasteiger partial charge in [-0.1, -0.05) is 30.3 Å². The van der Waals surface area contributed by atoms with Crippen molar-refractivity contribution >= 4 is 31.8 Å². The molecule has 42 heavy (non-hydrogen) atoms. The molecular weight excluding hydrogens is 548 g/mol. The SMILES string of the molecule is CC(C)N1CCN(Cc2cnc(-c3cc(-c4cccc5[nH]ccc45)cc4c3cnn4S(=O)(=O)c3ccccc3)o2)CC1. The second-order valence-corrected chi connectivity index (χ2v) is 12.8. The molecule has 6 aromatic rings. The smallest absolute Gasteiger partial charge is 0.283 e. The monoisotopic (exact) mass is 580 g/mol. The van der Waals surface area contributed by atoms with E-state index in [0.29, 0.717) is 34.9 Å². The van der Waals surface area contributed by atoms with Gasteiger partial charge in [-0.3, -0.25) is 9.80 Å². The Morgan fingerprint density at radius 3 is 2.50 bits per heavy atom. The first-order valence-electron chi connectivity index (χ1n) is 14.2. The van der Waals surface area contributed by atoms with Crippen molar-refractivity contribution in [1.29, 1.82) is 0 Å². The first kappa shape index (κ1) is 26.6. The fourth-order valence-electron chi connectivity index (χ4n) is 5.82. The second kappa shape index (κ2) is 10.5. The van der Waals surface area contributed by atoms with E-state index in [-0.39, 0.29) is 4.90 Å². The lowest BCUT2D eigenvalue weighted by atomic mass is 9.97. The Labute approximate surface area is 244 Å². The molecule has 0 amide bonds. The summed E-state index contributed by atoms with van der Waals surface area (Å²) < 4.78 is 34.9. The van der Waals surface area contributed by atoms with E-state index in [1.165, 1.54) is 0 Å². The molecule has 0 radical (unpaired) electrons. The summed E-state index contributed by atoms with van der Waals surface area (Å²) in [6.45, 7) is 9.14. The zero-order valence-corrected chi connectivity index (χ0v) is 24.4. The summed E-state index contributed by atoms with van der Waals surface area (Å²) in [6.07, 6.45) is 5.26. The molecule has 1 N–H and O–H groups in total. The van der Waals surface area contributed by atoms with Gasteiger partial charge >= 0.3 is 0 Å². The van der Waals surface area contributed by atoms with Gasteiger partial charge in [0.05, 0.1) is 29.4 Å². The Morgan fingerprint density at radius 1 is 0.905 bits per heavy atom. The highest BCUT2D eigenvalue weighted by Crippen LogP contribution is 2.37. The van der Waals surface area contributed by atoms with E-state index in [2.05, 4.69) is 38.7 Å². The molecule has 3 aromatic carbocycles. The molecule has 214 valence electrons. The summed E-state index contributed by atoms with van der Waals surface area (Å²) in [4.78, 5) is 13.0. The molecule has 0 atom stereocenters. The Kier molecular flexibility index (Phi) is 6.69. The largest absolute Gasteiger partial charge is 0.440 e. The minimum Gasteiger partial charge on any atom is -0.440 e. The van der Waals surface area contributed by atoms with E-state index in [1.54, 1.807) is 42.7 Å². The van der Waals surface area contributed by atoms with Gasteiger partial charge in [-0.15, -0.1) is 0 Å². The van der Waals surface area contributed by atoms with Crippen molar-refractivity contribution in [3.8, 4) is 22.6 Å². The molecule has 3 aromatic heterocycles. The number of hydrogen-bond donors (Lipinski definition) is 1. The first-order chi connectivity index (χ1) is 20.4. The maximum Gasteiger partial charge on any atom is 0.283 e. The van der Waals surface area contributed by atoms with Crippen LogP contribution in [0.5, 0.6) is 0 Å². The third kappa shape index (κ3) is 4.71. The summed E-state index contributed by atoms with van der Waals surface area (Å²) in [6, 6.07) is 20.9. The summed E-state index contributed by atoms with van der Waals surface area (Å²) in [7, 11) is -3.94. The van der Waals surface area contributed by atoms with E-state index >= 15 is 0 Å². The van der Waals surface area contributed by atoms with Crippen LogP contribution in [-0.2, 0) is 16.6 Å². The van der Waals surface area contributed by atoms with Crippen LogP contribution in [0.15, 0.2) is 94.6 Å². The maximum atomic E-state index is 13.7. The lowest BCUT2D eigenvalue weighted by Gasteiger charge is -2.36. The molecular formula is C32H32N6O3S. The van der Waals surface area contributed by atoms with Crippen LogP contribution in [0.1, 0.15) is 19.6 Å². The van der Waals surface area contributed by atoms with Crippen LogP contribution in [0, 0.1) is 0 Å². The van der Waals surface area contributed by atoms with E-state index in [9.17, 15) is 8.42 Å². The van der Waals surface area contributed by atoms with Gasteiger partial charge < -0.3 is 9.40 Å². The van der Waals surface area contributed by atoms with Crippen LogP contribution in [0.25, 0.3) is 44.4 Å². The highest BCUT2D eigenvalue weighted by atomic mass is 32.2. The van der Waals surface area contributed by atoms with Crippen molar-refractivity contribution in [3.63, 3.8) is 0 Å². The van der Waals surface area contributed by atoms with E-state index in [4.69, 9.17) is 4.42 Å². The minimum absolute atomic E-state index is 0.172. The number of oxazole rings is 1. The molecule has 1 aliphatic rings. The number of nitrogens with zero attached hydrogens (tertiary/aromatic N) is 5. The van der Waals surface area contributed by atoms with Crippen molar-refractivity contribution in [2.75, 3.05) is 26.2 Å². The predicted octanol–water partition coefficient (Wildman–Crippen LogP) is 5.60. The number of hydrogen-bond acceptors (Lipinski definition) is 7. The summed E-state index contributed by atoms with van der Waals surface area (Å²) in [5.41, 5.74) is 3.97. The third-order valence-electron chi connectivity index (χ3n) is 8.13. The lowest BCUT2D eigenvalue weighted by Crippen LogP contribution is -2.48. The molecule has 7 rings (SSSR count). The molecule has 4 heterocycles. The maximum absolute atomic E-state index is 13.7. The van der Waals surface area contributed by atoms with Crippen molar-refractivity contribution < 1.29 is 12.8 Å². The van der Waals surface area contributed by atoms with Crippen LogP contribution in [0.2, 0.25) is 0 Å². The quantitative estimate of drug-likeness (QED) is 0.262. The normalized spacial score (nSPS) is 15.3. The second-order valence-electron chi connectivity index (χ2n) is 11.0. The number of nitrogens with one attached hydrogen (secondary N) is 1. The Hall–Kier alpha value is -4.25. The van der Waals surface area contributed by atoms with Crippen molar-refractivity contribution in [2.24, 2.45) is 0 Å². The molecule has 0 bridgehead atoms. The van der Waals surface area contributed by atoms with Gasteiger partial charge in [0.1, 0.15) is 5.76 Å². The standard InChI is InChI=1S/C32H32N6O3S/c1-22(2)37-15-13-36(14-16-37)21-24-19-34-32(41-24)28-17-23(26-9-6-10-30-27(26)11-12-33-30)18-31-29(28)20-35-38(31)42(39,40)25-7-4-3-5-8-25/h3-12,17-20,22,33H,13-16,21H2,1-2H3. The molecule has 9 nitrogen and oxygen atoms in total. The summed E-state index contributed by atoms with van der Waals surface area (Å²) in [5, 5.41) is 6.07. The van der Waals surface area contributed by atoms with Crippen LogP contribution in [0.4, 0.5) is 0 Å². The number of aromatic nitrogens is 4. The highest BCUT2D eigenvalue weighted by molar-refractivity contribution is 7.90. The Bertz CT molecular complexity index is 1980. The van der Waals surface area contributed by atoms with E-state index < -0.39 is 10.0 Å². The molecule has 0 saturated carbocycles. The Balaban J connectivity index is 1.33. The van der Waals surface area contributed by atoms with Crippen LogP contribution < -0.4 is 0 Å². The van der Waals surface area contributed by atoms with Crippen LogP contribution in [0.3, 0.4) is 0 Å². The number of benzene rings is 3. The number of H-pyrrole nitrogens is 1. The van der Waals surface area contributed by atoms with Crippen molar-refractivity contribution in [1.82, 2.24) is 29.0 Å². The number of piperazine rings is 1. The third-order valence-corrected chi connectivity index (χ3v) is 9.75. The average Bonchev–Trinajstić information content (AvgIpc) is 3.77. The zero-order chi connectivity index (χ0) is 28.8. The topological polar surface area (TPSA) is 100 Å². The minimum atomic E-state index is -3.94. The average molecular weight is 581 g/mol.